The Bertz CT molecular complexity index is 871. The highest BCUT2D eigenvalue weighted by molar-refractivity contribution is 6.36. The van der Waals surface area contributed by atoms with Crippen molar-refractivity contribution in [1.29, 1.82) is 0 Å². The second kappa shape index (κ2) is 6.19. The first-order valence-electron chi connectivity index (χ1n) is 8.30. The normalized spacial score (nSPS) is 16.5. The predicted octanol–water partition coefficient (Wildman–Crippen LogP) is 4.29. The summed E-state index contributed by atoms with van der Waals surface area (Å²) in [7, 11) is 0. The average molecular weight is 356 g/mol. The molecule has 2 aromatic carbocycles. The number of nitrogen functional groups attached to an aromatic ring is 1. The van der Waals surface area contributed by atoms with E-state index in [9.17, 15) is 4.79 Å². The van der Waals surface area contributed by atoms with Crippen molar-refractivity contribution >= 4 is 34.6 Å². The lowest BCUT2D eigenvalue weighted by Gasteiger charge is -2.31. The van der Waals surface area contributed by atoms with Crippen LogP contribution >= 0.6 is 11.6 Å². The molecule has 5 heteroatoms. The second-order valence-electron chi connectivity index (χ2n) is 7.04. The van der Waals surface area contributed by atoms with Gasteiger partial charge >= 0.3 is 0 Å². The zero-order valence-electron chi connectivity index (χ0n) is 14.9. The van der Waals surface area contributed by atoms with Crippen molar-refractivity contribution in [3.05, 3.63) is 58.6 Å². The van der Waals surface area contributed by atoms with E-state index in [4.69, 9.17) is 22.3 Å². The third-order valence-electron chi connectivity index (χ3n) is 4.31. The molecule has 0 bridgehead atoms. The Morgan fingerprint density at radius 1 is 1.12 bits per heavy atom. The number of anilines is 2. The Hall–Kier alpha value is -2.33. The van der Waals surface area contributed by atoms with Gasteiger partial charge in [-0.25, -0.2) is 0 Å². The Balaban J connectivity index is 2.37. The van der Waals surface area contributed by atoms with E-state index in [0.717, 1.165) is 16.8 Å². The molecule has 0 unspecified atom stereocenters. The minimum Gasteiger partial charge on any atom is -0.399 e. The Morgan fingerprint density at radius 2 is 1.80 bits per heavy atom. The number of nitrogens with two attached hydrogens (primary N) is 1. The number of aliphatic imine (C=N–C) groups is 1. The number of carbonyl (C=O) groups is 1. The largest absolute Gasteiger partial charge is 0.399 e. The summed E-state index contributed by atoms with van der Waals surface area (Å²) < 4.78 is 0. The van der Waals surface area contributed by atoms with Crippen LogP contribution in [0.25, 0.3) is 0 Å². The number of nitrogens with zero attached hydrogens (tertiary/aromatic N) is 2. The fraction of sp³-hybridized carbons (Fsp3) is 0.300. The van der Waals surface area contributed by atoms with Crippen LogP contribution < -0.4 is 10.6 Å². The standard InChI is InChI=1S/C20H22ClN3O/c1-12(2)24-17-10-9-13(22)11-15(17)18(23-20(3,4)19(24)25)14-7-5-6-8-16(14)21/h5-12H,22H2,1-4H3. The lowest BCUT2D eigenvalue weighted by Crippen LogP contribution is -2.47. The molecule has 0 atom stereocenters. The molecule has 0 fully saturated rings. The molecule has 4 nitrogen and oxygen atoms in total. The van der Waals surface area contributed by atoms with E-state index < -0.39 is 5.54 Å². The number of benzene rings is 2. The fourth-order valence-electron chi connectivity index (χ4n) is 3.12. The van der Waals surface area contributed by atoms with Crippen LogP contribution in [-0.4, -0.2) is 23.2 Å². The van der Waals surface area contributed by atoms with E-state index in [1.165, 1.54) is 0 Å². The number of amides is 1. The molecule has 0 radical (unpaired) electrons. The van der Waals surface area contributed by atoms with E-state index in [1.807, 2.05) is 70.2 Å². The third kappa shape index (κ3) is 3.02. The summed E-state index contributed by atoms with van der Waals surface area (Å²) in [5.74, 6) is -0.0458. The molecule has 0 aliphatic carbocycles. The summed E-state index contributed by atoms with van der Waals surface area (Å²) in [5.41, 5.74) is 8.86. The van der Waals surface area contributed by atoms with Gasteiger partial charge in [0.15, 0.2) is 0 Å². The summed E-state index contributed by atoms with van der Waals surface area (Å²) in [6.45, 7) is 7.65. The lowest BCUT2D eigenvalue weighted by atomic mass is 9.99. The highest BCUT2D eigenvalue weighted by Gasteiger charge is 2.39. The van der Waals surface area contributed by atoms with Crippen LogP contribution in [0, 0.1) is 0 Å². The van der Waals surface area contributed by atoms with E-state index in [0.29, 0.717) is 16.4 Å². The first-order valence-corrected chi connectivity index (χ1v) is 8.68. The number of rotatable bonds is 2. The molecule has 0 spiro atoms. The van der Waals surface area contributed by atoms with Crippen LogP contribution in [0.15, 0.2) is 47.5 Å². The van der Waals surface area contributed by atoms with Gasteiger partial charge < -0.3 is 10.6 Å². The first kappa shape index (κ1) is 17.5. The maximum atomic E-state index is 13.2. The quantitative estimate of drug-likeness (QED) is 0.817. The van der Waals surface area contributed by atoms with Gasteiger partial charge in [0, 0.05) is 27.9 Å². The highest BCUT2D eigenvalue weighted by atomic mass is 35.5. The molecule has 25 heavy (non-hydrogen) atoms. The molecule has 0 saturated heterocycles. The predicted molar refractivity (Wildman–Crippen MR) is 105 cm³/mol. The molecule has 2 aromatic rings. The van der Waals surface area contributed by atoms with Crippen LogP contribution in [-0.2, 0) is 4.79 Å². The molecule has 0 saturated carbocycles. The zero-order valence-corrected chi connectivity index (χ0v) is 15.6. The van der Waals surface area contributed by atoms with Crippen molar-refractivity contribution in [1.82, 2.24) is 0 Å². The molecule has 3 rings (SSSR count). The zero-order chi connectivity index (χ0) is 18.4. The smallest absolute Gasteiger partial charge is 0.254 e. The summed E-state index contributed by atoms with van der Waals surface area (Å²) in [4.78, 5) is 19.8. The summed E-state index contributed by atoms with van der Waals surface area (Å²) in [6, 6.07) is 13.1. The topological polar surface area (TPSA) is 58.7 Å². The molecule has 2 N–H and O–H groups in total. The molecule has 1 amide bonds. The van der Waals surface area contributed by atoms with Crippen LogP contribution in [0.4, 0.5) is 11.4 Å². The number of carbonyl (C=O) groups excluding carboxylic acids is 1. The number of hydrogen-bond acceptors (Lipinski definition) is 3. The van der Waals surface area contributed by atoms with Gasteiger partial charge in [0.1, 0.15) is 5.54 Å². The van der Waals surface area contributed by atoms with Gasteiger partial charge in [0.2, 0.25) is 0 Å². The Labute approximate surface area is 153 Å². The SMILES string of the molecule is CC(C)N1C(=O)C(C)(C)N=C(c2ccccc2Cl)c2cc(N)ccc21. The van der Waals surface area contributed by atoms with Gasteiger partial charge in [0.05, 0.1) is 11.4 Å². The Kier molecular flexibility index (Phi) is 4.33. The van der Waals surface area contributed by atoms with Crippen molar-refractivity contribution < 1.29 is 4.79 Å². The van der Waals surface area contributed by atoms with Gasteiger partial charge in [-0.3, -0.25) is 9.79 Å². The average Bonchev–Trinajstić information content (AvgIpc) is 2.62. The highest BCUT2D eigenvalue weighted by Crippen LogP contribution is 2.35. The van der Waals surface area contributed by atoms with Crippen LogP contribution in [0.2, 0.25) is 5.02 Å². The first-order chi connectivity index (χ1) is 11.7. The van der Waals surface area contributed by atoms with Gasteiger partial charge in [-0.1, -0.05) is 29.8 Å². The van der Waals surface area contributed by atoms with Crippen LogP contribution in [0.1, 0.15) is 38.8 Å². The van der Waals surface area contributed by atoms with Crippen molar-refractivity contribution in [2.45, 2.75) is 39.3 Å². The van der Waals surface area contributed by atoms with Crippen LogP contribution in [0.5, 0.6) is 0 Å². The summed E-state index contributed by atoms with van der Waals surface area (Å²) in [5, 5.41) is 0.593. The third-order valence-corrected chi connectivity index (χ3v) is 4.64. The molecular formula is C20H22ClN3O. The van der Waals surface area contributed by atoms with Crippen molar-refractivity contribution in [3.8, 4) is 0 Å². The van der Waals surface area contributed by atoms with E-state index in [2.05, 4.69) is 0 Å². The van der Waals surface area contributed by atoms with E-state index >= 15 is 0 Å². The number of fused-ring (bicyclic) bond motifs is 1. The van der Waals surface area contributed by atoms with Crippen LogP contribution in [0.3, 0.4) is 0 Å². The summed E-state index contributed by atoms with van der Waals surface area (Å²) in [6.07, 6.45) is 0. The number of hydrogen-bond donors (Lipinski definition) is 1. The van der Waals surface area contributed by atoms with Gasteiger partial charge in [-0.2, -0.15) is 0 Å². The molecule has 1 aliphatic rings. The van der Waals surface area contributed by atoms with E-state index in [-0.39, 0.29) is 11.9 Å². The van der Waals surface area contributed by atoms with Gasteiger partial charge in [-0.05, 0) is 52.0 Å². The molecular weight excluding hydrogens is 334 g/mol. The minimum atomic E-state index is -0.910. The lowest BCUT2D eigenvalue weighted by molar-refractivity contribution is -0.122. The van der Waals surface area contributed by atoms with Gasteiger partial charge in [0.25, 0.3) is 5.91 Å². The van der Waals surface area contributed by atoms with Gasteiger partial charge in [-0.15, -0.1) is 0 Å². The van der Waals surface area contributed by atoms with Crippen molar-refractivity contribution in [2.24, 2.45) is 4.99 Å². The molecule has 1 aliphatic heterocycles. The maximum absolute atomic E-state index is 13.2. The fourth-order valence-corrected chi connectivity index (χ4v) is 3.34. The second-order valence-corrected chi connectivity index (χ2v) is 7.45. The molecule has 130 valence electrons. The maximum Gasteiger partial charge on any atom is 0.254 e. The molecule has 0 aromatic heterocycles. The monoisotopic (exact) mass is 355 g/mol. The Morgan fingerprint density at radius 3 is 2.44 bits per heavy atom. The molecule has 1 heterocycles. The minimum absolute atomic E-state index is 0.00468. The van der Waals surface area contributed by atoms with E-state index in [1.54, 1.807) is 4.90 Å². The number of halogens is 1. The summed E-state index contributed by atoms with van der Waals surface area (Å²) >= 11 is 6.43. The number of benzodiazepines with no additional fused rings is 1. The van der Waals surface area contributed by atoms with Crippen molar-refractivity contribution in [3.63, 3.8) is 0 Å². The van der Waals surface area contributed by atoms with Crippen molar-refractivity contribution in [2.75, 3.05) is 10.6 Å².